The molecule has 1 aromatic rings. The van der Waals surface area contributed by atoms with Gasteiger partial charge in [0.1, 0.15) is 0 Å². The normalized spacial score (nSPS) is 11.7. The molecule has 0 spiro atoms. The molecule has 1 atom stereocenters. The van der Waals surface area contributed by atoms with Gasteiger partial charge in [-0.3, -0.25) is 9.00 Å². The lowest BCUT2D eigenvalue weighted by Gasteiger charge is -2.05. The quantitative estimate of drug-likeness (QED) is 0.826. The third-order valence-corrected chi connectivity index (χ3v) is 3.33. The Labute approximate surface area is 96.5 Å². The first kappa shape index (κ1) is 12.4. The summed E-state index contributed by atoms with van der Waals surface area (Å²) in [7, 11) is -1.13. The molecular formula is C11H12N2O2S. The molecular weight excluding hydrogens is 224 g/mol. The third-order valence-electron chi connectivity index (χ3n) is 2.04. The summed E-state index contributed by atoms with van der Waals surface area (Å²) in [5, 5.41) is 8.37. The zero-order chi connectivity index (χ0) is 12.0. The predicted molar refractivity (Wildman–Crippen MR) is 61.9 cm³/mol. The molecule has 16 heavy (non-hydrogen) atoms. The van der Waals surface area contributed by atoms with Gasteiger partial charge in [0.2, 0.25) is 5.91 Å². The van der Waals surface area contributed by atoms with Crippen LogP contribution in [0.4, 0.5) is 0 Å². The van der Waals surface area contributed by atoms with Crippen LogP contribution in [-0.4, -0.2) is 15.9 Å². The van der Waals surface area contributed by atoms with Crippen molar-refractivity contribution in [2.45, 2.75) is 12.2 Å². The largest absolute Gasteiger partial charge is 0.366 e. The van der Waals surface area contributed by atoms with E-state index < -0.39 is 16.7 Å². The molecule has 2 N–H and O–H groups in total. The van der Waals surface area contributed by atoms with Gasteiger partial charge < -0.3 is 5.73 Å². The number of nitrogens with zero attached hydrogens (tertiary/aromatic N) is 1. The van der Waals surface area contributed by atoms with Crippen molar-refractivity contribution in [2.24, 2.45) is 5.73 Å². The molecule has 1 amide bonds. The van der Waals surface area contributed by atoms with E-state index in [0.29, 0.717) is 16.9 Å². The summed E-state index contributed by atoms with van der Waals surface area (Å²) >= 11 is 0. The highest BCUT2D eigenvalue weighted by atomic mass is 32.2. The smallest absolute Gasteiger partial charge is 0.249 e. The SMILES string of the molecule is N#CCCS(=O)Cc1ccccc1C(N)=O. The lowest BCUT2D eigenvalue weighted by molar-refractivity contribution is 0.0999. The second-order valence-electron chi connectivity index (χ2n) is 3.22. The van der Waals surface area contributed by atoms with Crippen molar-refractivity contribution in [3.05, 3.63) is 35.4 Å². The fourth-order valence-corrected chi connectivity index (χ4v) is 2.35. The Morgan fingerprint density at radius 3 is 2.75 bits per heavy atom. The maximum absolute atomic E-state index is 11.6. The summed E-state index contributed by atoms with van der Waals surface area (Å²) in [4.78, 5) is 11.1. The van der Waals surface area contributed by atoms with Gasteiger partial charge in [-0.15, -0.1) is 0 Å². The Morgan fingerprint density at radius 2 is 2.12 bits per heavy atom. The van der Waals surface area contributed by atoms with Crippen molar-refractivity contribution in [3.63, 3.8) is 0 Å². The number of carbonyl (C=O) groups excluding carboxylic acids is 1. The number of benzene rings is 1. The highest BCUT2D eigenvalue weighted by Crippen LogP contribution is 2.11. The van der Waals surface area contributed by atoms with Gasteiger partial charge in [-0.2, -0.15) is 5.26 Å². The Balaban J connectivity index is 2.77. The maximum Gasteiger partial charge on any atom is 0.249 e. The first-order valence-electron chi connectivity index (χ1n) is 4.74. The number of nitriles is 1. The minimum absolute atomic E-state index is 0.255. The van der Waals surface area contributed by atoms with Crippen LogP contribution >= 0.6 is 0 Å². The van der Waals surface area contributed by atoms with Crippen molar-refractivity contribution in [1.82, 2.24) is 0 Å². The summed E-state index contributed by atoms with van der Waals surface area (Å²) in [5.74, 6) is 0.0672. The lowest BCUT2D eigenvalue weighted by Crippen LogP contribution is -2.14. The van der Waals surface area contributed by atoms with Crippen molar-refractivity contribution >= 4 is 16.7 Å². The molecule has 0 saturated heterocycles. The highest BCUT2D eigenvalue weighted by Gasteiger charge is 2.09. The van der Waals surface area contributed by atoms with Crippen LogP contribution in [0.15, 0.2) is 24.3 Å². The van der Waals surface area contributed by atoms with Crippen LogP contribution < -0.4 is 5.73 Å². The monoisotopic (exact) mass is 236 g/mol. The number of hydrogen-bond donors (Lipinski definition) is 1. The van der Waals surface area contributed by atoms with Gasteiger partial charge in [0.05, 0.1) is 6.07 Å². The number of hydrogen-bond acceptors (Lipinski definition) is 3. The molecule has 0 bridgehead atoms. The van der Waals surface area contributed by atoms with E-state index in [0.717, 1.165) is 0 Å². The fraction of sp³-hybridized carbons (Fsp3) is 0.273. The molecule has 1 rings (SSSR count). The topological polar surface area (TPSA) is 83.9 Å². The minimum Gasteiger partial charge on any atom is -0.366 e. The van der Waals surface area contributed by atoms with E-state index in [2.05, 4.69) is 0 Å². The van der Waals surface area contributed by atoms with Gasteiger partial charge in [0.15, 0.2) is 0 Å². The van der Waals surface area contributed by atoms with Crippen LogP contribution in [0.5, 0.6) is 0 Å². The van der Waals surface area contributed by atoms with E-state index in [1.54, 1.807) is 24.3 Å². The van der Waals surface area contributed by atoms with E-state index in [1.807, 2.05) is 6.07 Å². The van der Waals surface area contributed by atoms with Crippen molar-refractivity contribution in [3.8, 4) is 6.07 Å². The molecule has 0 aliphatic rings. The number of rotatable bonds is 5. The molecule has 84 valence electrons. The van der Waals surface area contributed by atoms with Crippen LogP contribution in [0.3, 0.4) is 0 Å². The van der Waals surface area contributed by atoms with Crippen molar-refractivity contribution in [2.75, 3.05) is 5.75 Å². The standard InChI is InChI=1S/C11H12N2O2S/c12-6-3-7-16(15)8-9-4-1-2-5-10(9)11(13)14/h1-2,4-5H,3,7-8H2,(H2,13,14). The van der Waals surface area contributed by atoms with E-state index in [-0.39, 0.29) is 12.2 Å². The summed E-state index contributed by atoms with van der Waals surface area (Å²) in [5.41, 5.74) is 6.27. The molecule has 0 saturated carbocycles. The van der Waals surface area contributed by atoms with Gasteiger partial charge in [0, 0.05) is 34.3 Å². The number of carbonyl (C=O) groups is 1. The highest BCUT2D eigenvalue weighted by molar-refractivity contribution is 7.84. The van der Waals surface area contributed by atoms with Crippen LogP contribution in [0, 0.1) is 11.3 Å². The summed E-state index contributed by atoms with van der Waals surface area (Å²) < 4.78 is 11.6. The van der Waals surface area contributed by atoms with E-state index >= 15 is 0 Å². The zero-order valence-electron chi connectivity index (χ0n) is 8.68. The zero-order valence-corrected chi connectivity index (χ0v) is 9.50. The molecule has 0 heterocycles. The maximum atomic E-state index is 11.6. The Morgan fingerprint density at radius 1 is 1.44 bits per heavy atom. The van der Waals surface area contributed by atoms with Crippen LogP contribution in [0.2, 0.25) is 0 Å². The molecule has 1 unspecified atom stereocenters. The van der Waals surface area contributed by atoms with Gasteiger partial charge >= 0.3 is 0 Å². The summed E-state index contributed by atoms with van der Waals surface area (Å²) in [6.45, 7) is 0. The summed E-state index contributed by atoms with van der Waals surface area (Å²) in [6.07, 6.45) is 0.255. The fourth-order valence-electron chi connectivity index (χ4n) is 1.29. The molecule has 0 aliphatic heterocycles. The Hall–Kier alpha value is -1.67. The molecule has 5 heteroatoms. The lowest BCUT2D eigenvalue weighted by atomic mass is 10.1. The van der Waals surface area contributed by atoms with E-state index in [1.165, 1.54) is 0 Å². The molecule has 0 aromatic heterocycles. The second-order valence-corrected chi connectivity index (χ2v) is 4.79. The average molecular weight is 236 g/mol. The van der Waals surface area contributed by atoms with Gasteiger partial charge in [-0.25, -0.2) is 0 Å². The molecule has 0 fully saturated rings. The van der Waals surface area contributed by atoms with Gasteiger partial charge in [-0.1, -0.05) is 18.2 Å². The van der Waals surface area contributed by atoms with Crippen LogP contribution in [-0.2, 0) is 16.6 Å². The molecule has 0 aliphatic carbocycles. The summed E-state index contributed by atoms with van der Waals surface area (Å²) in [6, 6.07) is 8.75. The number of amides is 1. The minimum atomic E-state index is -1.13. The molecule has 1 aromatic carbocycles. The third kappa shape index (κ3) is 3.48. The number of nitrogens with two attached hydrogens (primary N) is 1. The Bertz CT molecular complexity index is 452. The molecule has 4 nitrogen and oxygen atoms in total. The van der Waals surface area contributed by atoms with Crippen molar-refractivity contribution in [1.29, 1.82) is 5.26 Å². The van der Waals surface area contributed by atoms with E-state index in [9.17, 15) is 9.00 Å². The van der Waals surface area contributed by atoms with Crippen molar-refractivity contribution < 1.29 is 9.00 Å². The second kappa shape index (κ2) is 6.03. The van der Waals surface area contributed by atoms with Crippen LogP contribution in [0.25, 0.3) is 0 Å². The van der Waals surface area contributed by atoms with Gasteiger partial charge in [-0.05, 0) is 11.6 Å². The first-order valence-corrected chi connectivity index (χ1v) is 6.23. The van der Waals surface area contributed by atoms with Gasteiger partial charge in [0.25, 0.3) is 0 Å². The predicted octanol–water partition coefficient (Wildman–Crippen LogP) is 0.948. The van der Waals surface area contributed by atoms with Crippen LogP contribution in [0.1, 0.15) is 22.3 Å². The van der Waals surface area contributed by atoms with E-state index in [4.69, 9.17) is 11.0 Å². The number of primary amides is 1. The molecule has 0 radical (unpaired) electrons. The average Bonchev–Trinajstić information content (AvgIpc) is 2.27. The Kier molecular flexibility index (Phi) is 4.67. The first-order chi connectivity index (χ1) is 7.65.